The van der Waals surface area contributed by atoms with Gasteiger partial charge < -0.3 is 10.5 Å². The molecule has 1 aliphatic rings. The van der Waals surface area contributed by atoms with Gasteiger partial charge in [0.25, 0.3) is 5.56 Å². The molecule has 1 aromatic heterocycles. The van der Waals surface area contributed by atoms with Gasteiger partial charge in [-0.2, -0.15) is 0 Å². The fraction of sp³-hybridized carbons (Fsp3) is 0.600. The predicted octanol–water partition coefficient (Wildman–Crippen LogP) is 0.766. The summed E-state index contributed by atoms with van der Waals surface area (Å²) < 4.78 is 5.38. The Morgan fingerprint density at radius 2 is 2.47 bits per heavy atom. The van der Waals surface area contributed by atoms with Gasteiger partial charge in [0.1, 0.15) is 0 Å². The van der Waals surface area contributed by atoms with Crippen LogP contribution in [0.5, 0.6) is 0 Å². The van der Waals surface area contributed by atoms with Gasteiger partial charge in [0.15, 0.2) is 0 Å². The fourth-order valence-electron chi connectivity index (χ4n) is 1.96. The largest absolute Gasteiger partial charge is 0.376 e. The third-order valence-electron chi connectivity index (χ3n) is 2.66. The number of nitrogens with two attached hydrogens (primary N) is 1. The van der Waals surface area contributed by atoms with Crippen molar-refractivity contribution in [2.24, 2.45) is 0 Å². The number of nitrogens with one attached hydrogen (secondary N) is 1. The van der Waals surface area contributed by atoms with E-state index in [1.165, 1.54) is 0 Å². The van der Waals surface area contributed by atoms with Gasteiger partial charge >= 0.3 is 0 Å². The number of aromatic nitrogens is 2. The summed E-state index contributed by atoms with van der Waals surface area (Å²) in [4.78, 5) is 18.3. The van der Waals surface area contributed by atoms with Crippen molar-refractivity contribution in [3.63, 3.8) is 0 Å². The monoisotopic (exact) mass is 209 g/mol. The highest BCUT2D eigenvalue weighted by atomic mass is 16.5. The lowest BCUT2D eigenvalue weighted by Crippen LogP contribution is -2.27. The van der Waals surface area contributed by atoms with Crippen LogP contribution in [-0.2, 0) is 11.3 Å². The summed E-state index contributed by atoms with van der Waals surface area (Å²) in [6.45, 7) is 3.08. The first kappa shape index (κ1) is 10.2. The molecule has 1 atom stereocenters. The average molecular weight is 209 g/mol. The minimum atomic E-state index is -0.168. The van der Waals surface area contributed by atoms with Crippen LogP contribution in [0.3, 0.4) is 0 Å². The number of nitrogens with zero attached hydrogens (tertiary/aromatic N) is 1. The molecule has 0 aliphatic carbocycles. The van der Waals surface area contributed by atoms with E-state index in [4.69, 9.17) is 10.5 Å². The number of anilines is 1. The van der Waals surface area contributed by atoms with Crippen LogP contribution in [0.25, 0.3) is 0 Å². The fourth-order valence-corrected chi connectivity index (χ4v) is 1.96. The van der Waals surface area contributed by atoms with Crippen molar-refractivity contribution in [2.75, 3.05) is 12.3 Å². The molecule has 0 fully saturated rings. The molecule has 0 bridgehead atoms. The minimum absolute atomic E-state index is 0.168. The van der Waals surface area contributed by atoms with Gasteiger partial charge in [-0.3, -0.25) is 9.78 Å². The summed E-state index contributed by atoms with van der Waals surface area (Å²) in [5, 5.41) is 0. The van der Waals surface area contributed by atoms with Crippen LogP contribution < -0.4 is 11.3 Å². The average Bonchev–Trinajstić information content (AvgIpc) is 2.19. The van der Waals surface area contributed by atoms with Gasteiger partial charge in [-0.1, -0.05) is 13.3 Å². The Kier molecular flexibility index (Phi) is 2.73. The van der Waals surface area contributed by atoms with E-state index in [1.54, 1.807) is 0 Å². The number of fused-ring (bicyclic) bond motifs is 1. The van der Waals surface area contributed by atoms with Crippen molar-refractivity contribution in [1.82, 2.24) is 9.97 Å². The summed E-state index contributed by atoms with van der Waals surface area (Å²) in [6, 6.07) is 0. The van der Waals surface area contributed by atoms with Crippen LogP contribution in [0.15, 0.2) is 4.79 Å². The SMILES string of the molecule is CCCC1COCc2c1nc(N)[nH]c2=O. The quantitative estimate of drug-likeness (QED) is 0.753. The molecular weight excluding hydrogens is 194 g/mol. The van der Waals surface area contributed by atoms with Crippen molar-refractivity contribution in [3.05, 3.63) is 21.6 Å². The Morgan fingerprint density at radius 1 is 1.67 bits per heavy atom. The van der Waals surface area contributed by atoms with Gasteiger partial charge in [-0.25, -0.2) is 4.98 Å². The zero-order valence-electron chi connectivity index (χ0n) is 8.75. The van der Waals surface area contributed by atoms with Gasteiger partial charge in [0.05, 0.1) is 24.5 Å². The predicted molar refractivity (Wildman–Crippen MR) is 56.6 cm³/mol. The molecule has 1 aromatic rings. The van der Waals surface area contributed by atoms with Gasteiger partial charge in [0.2, 0.25) is 5.95 Å². The highest BCUT2D eigenvalue weighted by Crippen LogP contribution is 2.26. The Balaban J connectivity index is 2.46. The highest BCUT2D eigenvalue weighted by Gasteiger charge is 2.24. The summed E-state index contributed by atoms with van der Waals surface area (Å²) >= 11 is 0. The maximum atomic E-state index is 11.6. The zero-order chi connectivity index (χ0) is 10.8. The number of ether oxygens (including phenoxy) is 1. The second kappa shape index (κ2) is 4.02. The van der Waals surface area contributed by atoms with Crippen LogP contribution in [-0.4, -0.2) is 16.6 Å². The molecule has 0 saturated heterocycles. The number of nitrogen functional groups attached to an aromatic ring is 1. The topological polar surface area (TPSA) is 81.0 Å². The van der Waals surface area contributed by atoms with Crippen LogP contribution in [0.4, 0.5) is 5.95 Å². The van der Waals surface area contributed by atoms with E-state index >= 15 is 0 Å². The van der Waals surface area contributed by atoms with Gasteiger partial charge in [-0.05, 0) is 6.42 Å². The van der Waals surface area contributed by atoms with E-state index in [9.17, 15) is 4.79 Å². The second-order valence-corrected chi connectivity index (χ2v) is 3.82. The van der Waals surface area contributed by atoms with Crippen molar-refractivity contribution in [1.29, 1.82) is 0 Å². The first-order chi connectivity index (χ1) is 7.22. The lowest BCUT2D eigenvalue weighted by Gasteiger charge is -2.23. The smallest absolute Gasteiger partial charge is 0.258 e. The summed E-state index contributed by atoms with van der Waals surface area (Å²) in [5.74, 6) is 0.408. The lowest BCUT2D eigenvalue weighted by molar-refractivity contribution is 0.0855. The second-order valence-electron chi connectivity index (χ2n) is 3.82. The molecular formula is C10H15N3O2. The Hall–Kier alpha value is -1.36. The molecule has 5 nitrogen and oxygen atoms in total. The number of aromatic amines is 1. The van der Waals surface area contributed by atoms with Gasteiger partial charge in [0, 0.05) is 5.92 Å². The highest BCUT2D eigenvalue weighted by molar-refractivity contribution is 5.28. The normalized spacial score (nSPS) is 19.9. The number of hydrogen-bond acceptors (Lipinski definition) is 4. The van der Waals surface area contributed by atoms with Gasteiger partial charge in [-0.15, -0.1) is 0 Å². The molecule has 5 heteroatoms. The summed E-state index contributed by atoms with van der Waals surface area (Å²) in [5.41, 5.74) is 6.82. The Morgan fingerprint density at radius 3 is 3.20 bits per heavy atom. The molecule has 0 spiro atoms. The Bertz CT molecular complexity index is 414. The van der Waals surface area contributed by atoms with E-state index in [1.807, 2.05) is 0 Å². The Labute approximate surface area is 87.7 Å². The molecule has 0 radical (unpaired) electrons. The molecule has 15 heavy (non-hydrogen) atoms. The molecule has 0 amide bonds. The molecule has 3 N–H and O–H groups in total. The maximum Gasteiger partial charge on any atom is 0.258 e. The first-order valence-electron chi connectivity index (χ1n) is 5.18. The van der Waals surface area contributed by atoms with E-state index in [0.29, 0.717) is 18.8 Å². The van der Waals surface area contributed by atoms with Crippen molar-refractivity contribution >= 4 is 5.95 Å². The molecule has 2 heterocycles. The van der Waals surface area contributed by atoms with E-state index in [2.05, 4.69) is 16.9 Å². The van der Waals surface area contributed by atoms with Crippen LogP contribution >= 0.6 is 0 Å². The first-order valence-corrected chi connectivity index (χ1v) is 5.18. The van der Waals surface area contributed by atoms with E-state index in [0.717, 1.165) is 18.5 Å². The molecule has 0 saturated carbocycles. The molecule has 1 unspecified atom stereocenters. The van der Waals surface area contributed by atoms with E-state index in [-0.39, 0.29) is 17.4 Å². The lowest BCUT2D eigenvalue weighted by atomic mass is 9.95. The van der Waals surface area contributed by atoms with Crippen molar-refractivity contribution < 1.29 is 4.74 Å². The summed E-state index contributed by atoms with van der Waals surface area (Å²) in [7, 11) is 0. The molecule has 2 rings (SSSR count). The number of rotatable bonds is 2. The standard InChI is InChI=1S/C10H15N3O2/c1-2-3-6-4-15-5-7-8(6)12-10(11)13-9(7)14/h6H,2-5H2,1H3,(H3,11,12,13,14). The number of H-pyrrole nitrogens is 1. The third kappa shape index (κ3) is 1.87. The molecule has 0 aromatic carbocycles. The molecule has 1 aliphatic heterocycles. The van der Waals surface area contributed by atoms with Crippen LogP contribution in [0.2, 0.25) is 0 Å². The van der Waals surface area contributed by atoms with Crippen LogP contribution in [0.1, 0.15) is 36.9 Å². The molecule has 82 valence electrons. The van der Waals surface area contributed by atoms with Crippen LogP contribution in [0, 0.1) is 0 Å². The third-order valence-corrected chi connectivity index (χ3v) is 2.66. The van der Waals surface area contributed by atoms with Crippen molar-refractivity contribution in [2.45, 2.75) is 32.3 Å². The summed E-state index contributed by atoms with van der Waals surface area (Å²) in [6.07, 6.45) is 2.02. The van der Waals surface area contributed by atoms with E-state index < -0.39 is 0 Å². The number of hydrogen-bond donors (Lipinski definition) is 2. The van der Waals surface area contributed by atoms with Crippen molar-refractivity contribution in [3.8, 4) is 0 Å². The zero-order valence-corrected chi connectivity index (χ0v) is 8.75. The minimum Gasteiger partial charge on any atom is -0.376 e. The maximum absolute atomic E-state index is 11.6.